The van der Waals surface area contributed by atoms with Crippen LogP contribution in [0.15, 0.2) is 30.7 Å². The number of benzene rings is 1. The van der Waals surface area contributed by atoms with Gasteiger partial charge in [0.05, 0.1) is 36.4 Å². The predicted molar refractivity (Wildman–Crippen MR) is 81.4 cm³/mol. The molecule has 0 atom stereocenters. The maximum absolute atomic E-state index is 13.6. The number of ether oxygens (including phenoxy) is 1. The molecule has 25 heavy (non-hydrogen) atoms. The van der Waals surface area contributed by atoms with Crippen LogP contribution in [-0.4, -0.2) is 29.3 Å². The Morgan fingerprint density at radius 3 is 2.80 bits per heavy atom. The molecule has 136 valence electrons. The maximum atomic E-state index is 13.6. The van der Waals surface area contributed by atoms with Gasteiger partial charge in [-0.15, -0.1) is 0 Å². The van der Waals surface area contributed by atoms with Gasteiger partial charge in [0.2, 0.25) is 0 Å². The van der Waals surface area contributed by atoms with Gasteiger partial charge >= 0.3 is 12.2 Å². The average Bonchev–Trinajstić information content (AvgIpc) is 2.99. The summed E-state index contributed by atoms with van der Waals surface area (Å²) >= 11 is 0. The first kappa shape index (κ1) is 18.7. The molecule has 0 unspecified atom stereocenters. The number of aromatic nitrogens is 2. The Morgan fingerprint density at radius 2 is 2.12 bits per heavy atom. The number of amides is 2. The van der Waals surface area contributed by atoms with E-state index in [0.29, 0.717) is 37.0 Å². The molecular weight excluding hydrogens is 344 g/mol. The second-order valence-corrected chi connectivity index (χ2v) is 5.07. The van der Waals surface area contributed by atoms with E-state index in [0.717, 1.165) is 0 Å². The Morgan fingerprint density at radius 1 is 1.36 bits per heavy atom. The van der Waals surface area contributed by atoms with Crippen molar-refractivity contribution in [1.82, 2.24) is 14.9 Å². The van der Waals surface area contributed by atoms with E-state index in [-0.39, 0.29) is 6.54 Å². The molecule has 2 N–H and O–H groups in total. The Labute approximate surface area is 140 Å². The molecule has 6 nitrogen and oxygen atoms in total. The van der Waals surface area contributed by atoms with Gasteiger partial charge < -0.3 is 19.9 Å². The molecule has 0 bridgehead atoms. The number of hydrogen-bond acceptors (Lipinski definition) is 3. The van der Waals surface area contributed by atoms with E-state index in [4.69, 9.17) is 4.74 Å². The Hall–Kier alpha value is -2.62. The third kappa shape index (κ3) is 5.18. The molecule has 2 rings (SSSR count). The summed E-state index contributed by atoms with van der Waals surface area (Å²) in [4.78, 5) is 15.8. The van der Waals surface area contributed by atoms with Gasteiger partial charge in [0.25, 0.3) is 0 Å². The number of anilines is 1. The highest BCUT2D eigenvalue weighted by molar-refractivity contribution is 5.89. The predicted octanol–water partition coefficient (Wildman–Crippen LogP) is 3.01. The van der Waals surface area contributed by atoms with Crippen molar-refractivity contribution in [3.05, 3.63) is 47.8 Å². The topological polar surface area (TPSA) is 68.2 Å². The summed E-state index contributed by atoms with van der Waals surface area (Å²) in [5.74, 6) is -0.965. The first-order valence-corrected chi connectivity index (χ1v) is 7.21. The number of nitrogens with one attached hydrogen (secondary N) is 2. The van der Waals surface area contributed by atoms with E-state index >= 15 is 0 Å². The number of urea groups is 1. The molecule has 1 aromatic heterocycles. The van der Waals surface area contributed by atoms with E-state index in [9.17, 15) is 22.4 Å². The monoisotopic (exact) mass is 360 g/mol. The van der Waals surface area contributed by atoms with Crippen LogP contribution in [0, 0.1) is 5.82 Å². The van der Waals surface area contributed by atoms with Crippen molar-refractivity contribution in [3.8, 4) is 0 Å². The molecule has 0 saturated heterocycles. The number of rotatable bonds is 6. The number of carbonyl (C=O) groups excluding carboxylic acids is 1. The molecule has 1 heterocycles. The van der Waals surface area contributed by atoms with Crippen molar-refractivity contribution < 1.29 is 27.1 Å². The highest BCUT2D eigenvalue weighted by Crippen LogP contribution is 2.31. The molecule has 0 aliphatic carbocycles. The molecule has 0 radical (unpaired) electrons. The zero-order chi connectivity index (χ0) is 18.4. The smallest absolute Gasteiger partial charge is 0.383 e. The van der Waals surface area contributed by atoms with Gasteiger partial charge in [0.15, 0.2) is 0 Å². The second-order valence-electron chi connectivity index (χ2n) is 5.07. The standard InChI is InChI=1S/C15H16F4N4O2/c1-25-5-4-23-9-20-7-11(23)8-21-14(24)22-13-6-10(15(17,18)19)2-3-12(13)16/h2-3,6-7,9H,4-5,8H2,1H3,(H2,21,22,24). The molecule has 0 aliphatic rings. The number of methoxy groups -OCH3 is 1. The van der Waals surface area contributed by atoms with Gasteiger partial charge in [-0.1, -0.05) is 0 Å². The van der Waals surface area contributed by atoms with E-state index in [1.807, 2.05) is 0 Å². The van der Waals surface area contributed by atoms with Crippen LogP contribution in [0.1, 0.15) is 11.3 Å². The molecule has 0 saturated carbocycles. The zero-order valence-corrected chi connectivity index (χ0v) is 13.2. The molecule has 1 aromatic carbocycles. The van der Waals surface area contributed by atoms with Crippen LogP contribution in [0.25, 0.3) is 0 Å². The number of nitrogens with zero attached hydrogens (tertiary/aromatic N) is 2. The molecule has 0 spiro atoms. The van der Waals surface area contributed by atoms with Crippen molar-refractivity contribution in [2.24, 2.45) is 0 Å². The third-order valence-corrected chi connectivity index (χ3v) is 3.31. The van der Waals surface area contributed by atoms with Gasteiger partial charge in [0, 0.05) is 19.9 Å². The summed E-state index contributed by atoms with van der Waals surface area (Å²) in [6, 6.07) is 0.959. The van der Waals surface area contributed by atoms with E-state index in [1.165, 1.54) is 6.20 Å². The fourth-order valence-corrected chi connectivity index (χ4v) is 2.02. The van der Waals surface area contributed by atoms with Crippen molar-refractivity contribution in [2.75, 3.05) is 19.0 Å². The summed E-state index contributed by atoms with van der Waals surface area (Å²) in [5, 5.41) is 4.50. The first-order valence-electron chi connectivity index (χ1n) is 7.21. The minimum Gasteiger partial charge on any atom is -0.383 e. The first-order chi connectivity index (χ1) is 11.8. The van der Waals surface area contributed by atoms with Gasteiger partial charge in [-0.25, -0.2) is 14.2 Å². The molecule has 2 aromatic rings. The Kier molecular flexibility index (Phi) is 5.97. The number of hydrogen-bond donors (Lipinski definition) is 2. The van der Waals surface area contributed by atoms with Crippen LogP contribution in [0.2, 0.25) is 0 Å². The average molecular weight is 360 g/mol. The van der Waals surface area contributed by atoms with Gasteiger partial charge in [-0.05, 0) is 18.2 Å². The highest BCUT2D eigenvalue weighted by atomic mass is 19.4. The summed E-state index contributed by atoms with van der Waals surface area (Å²) in [5.41, 5.74) is -0.946. The molecule has 0 fully saturated rings. The van der Waals surface area contributed by atoms with Crippen LogP contribution in [-0.2, 0) is 24.0 Å². The summed E-state index contributed by atoms with van der Waals surface area (Å²) in [6.45, 7) is 1.04. The van der Waals surface area contributed by atoms with Crippen LogP contribution >= 0.6 is 0 Å². The van der Waals surface area contributed by atoms with Crippen LogP contribution in [0.5, 0.6) is 0 Å². The fraction of sp³-hybridized carbons (Fsp3) is 0.333. The van der Waals surface area contributed by atoms with Crippen LogP contribution in [0.4, 0.5) is 28.0 Å². The highest BCUT2D eigenvalue weighted by Gasteiger charge is 2.31. The SMILES string of the molecule is COCCn1cncc1CNC(=O)Nc1cc(C(F)(F)F)ccc1F. The minimum atomic E-state index is -4.63. The Balaban J connectivity index is 1.98. The number of imidazole rings is 1. The third-order valence-electron chi connectivity index (χ3n) is 3.31. The molecule has 0 aliphatic heterocycles. The van der Waals surface area contributed by atoms with Crippen molar-refractivity contribution >= 4 is 11.7 Å². The molecular formula is C15H16F4N4O2. The summed E-state index contributed by atoms with van der Waals surface area (Å²) < 4.78 is 58.2. The number of carbonyl (C=O) groups is 1. The normalized spacial score (nSPS) is 11.4. The summed E-state index contributed by atoms with van der Waals surface area (Å²) in [7, 11) is 1.55. The lowest BCUT2D eigenvalue weighted by Crippen LogP contribution is -2.29. The Bertz CT molecular complexity index is 731. The lowest BCUT2D eigenvalue weighted by atomic mass is 10.2. The quantitative estimate of drug-likeness (QED) is 0.778. The van der Waals surface area contributed by atoms with Crippen LogP contribution in [0.3, 0.4) is 0 Å². The maximum Gasteiger partial charge on any atom is 0.416 e. The van der Waals surface area contributed by atoms with Crippen molar-refractivity contribution in [3.63, 3.8) is 0 Å². The lowest BCUT2D eigenvalue weighted by molar-refractivity contribution is -0.137. The largest absolute Gasteiger partial charge is 0.416 e. The lowest BCUT2D eigenvalue weighted by Gasteiger charge is -2.12. The van der Waals surface area contributed by atoms with Gasteiger partial charge in [-0.2, -0.15) is 13.2 Å². The van der Waals surface area contributed by atoms with E-state index < -0.39 is 29.3 Å². The van der Waals surface area contributed by atoms with Gasteiger partial charge in [-0.3, -0.25) is 0 Å². The number of halogens is 4. The van der Waals surface area contributed by atoms with Crippen molar-refractivity contribution in [2.45, 2.75) is 19.3 Å². The van der Waals surface area contributed by atoms with Crippen LogP contribution < -0.4 is 10.6 Å². The van der Waals surface area contributed by atoms with E-state index in [2.05, 4.69) is 15.6 Å². The zero-order valence-electron chi connectivity index (χ0n) is 13.2. The van der Waals surface area contributed by atoms with Crippen molar-refractivity contribution in [1.29, 1.82) is 0 Å². The number of alkyl halides is 3. The molecule has 2 amide bonds. The fourth-order valence-electron chi connectivity index (χ4n) is 2.02. The second kappa shape index (κ2) is 7.97. The minimum absolute atomic E-state index is 0.0656. The summed E-state index contributed by atoms with van der Waals surface area (Å²) in [6.07, 6.45) is -1.55. The van der Waals surface area contributed by atoms with E-state index in [1.54, 1.807) is 18.0 Å². The van der Waals surface area contributed by atoms with Gasteiger partial charge in [0.1, 0.15) is 5.82 Å². The molecule has 10 heteroatoms.